The number of nitrogens with zero attached hydrogens (tertiary/aromatic N) is 4. The zero-order chi connectivity index (χ0) is 26.9. The molecule has 0 unspecified atom stereocenters. The number of anilines is 1. The summed E-state index contributed by atoms with van der Waals surface area (Å²) < 4.78 is 14.0. The molecule has 5 heterocycles. The van der Waals surface area contributed by atoms with Crippen LogP contribution in [-0.2, 0) is 4.79 Å². The van der Waals surface area contributed by atoms with E-state index in [4.69, 9.17) is 4.98 Å². The van der Waals surface area contributed by atoms with Crippen LogP contribution in [0.5, 0.6) is 5.75 Å². The van der Waals surface area contributed by atoms with Gasteiger partial charge in [0.05, 0.1) is 40.5 Å². The van der Waals surface area contributed by atoms with E-state index in [0.717, 1.165) is 40.9 Å². The highest BCUT2D eigenvalue weighted by Crippen LogP contribution is 2.35. The lowest BCUT2D eigenvalue weighted by atomic mass is 10.0. The summed E-state index contributed by atoms with van der Waals surface area (Å²) in [6, 6.07) is 11.4. The lowest BCUT2D eigenvalue weighted by Gasteiger charge is -2.07. The van der Waals surface area contributed by atoms with E-state index in [-0.39, 0.29) is 11.7 Å². The van der Waals surface area contributed by atoms with Gasteiger partial charge in [-0.3, -0.25) is 19.9 Å². The SMILES string of the molecule is CCCCC(=O)Nc1cncc(-c2ccc3[nH]nc(-c4cc5c(-c6cc(O)cc(F)c6)cncc5[nH]4)c3n2)c1. The second-order valence-electron chi connectivity index (χ2n) is 9.31. The number of nitrogens with one attached hydrogen (secondary N) is 3. The predicted molar refractivity (Wildman–Crippen MR) is 147 cm³/mol. The van der Waals surface area contributed by atoms with Crippen molar-refractivity contribution in [3.8, 4) is 39.5 Å². The number of benzene rings is 1. The van der Waals surface area contributed by atoms with Gasteiger partial charge in [0.15, 0.2) is 0 Å². The van der Waals surface area contributed by atoms with Gasteiger partial charge >= 0.3 is 0 Å². The predicted octanol–water partition coefficient (Wildman–Crippen LogP) is 6.20. The average molecular weight is 522 g/mol. The number of fused-ring (bicyclic) bond motifs is 2. The average Bonchev–Trinajstić information content (AvgIpc) is 3.55. The highest BCUT2D eigenvalue weighted by molar-refractivity contribution is 6.00. The van der Waals surface area contributed by atoms with Crippen molar-refractivity contribution in [2.45, 2.75) is 26.2 Å². The Bertz CT molecular complexity index is 1820. The van der Waals surface area contributed by atoms with Crippen LogP contribution in [0.2, 0.25) is 0 Å². The van der Waals surface area contributed by atoms with Crippen LogP contribution in [0.3, 0.4) is 0 Å². The molecule has 0 aliphatic rings. The van der Waals surface area contributed by atoms with Crippen LogP contribution in [0.4, 0.5) is 10.1 Å². The molecule has 4 N–H and O–H groups in total. The number of H-pyrrole nitrogens is 2. The Hall–Kier alpha value is -5.12. The molecule has 6 rings (SSSR count). The molecule has 0 saturated heterocycles. The zero-order valence-corrected chi connectivity index (χ0v) is 21.0. The molecule has 0 atom stereocenters. The number of hydrogen-bond acceptors (Lipinski definition) is 6. The molecule has 10 heteroatoms. The van der Waals surface area contributed by atoms with Crippen LogP contribution in [0.15, 0.2) is 67.3 Å². The zero-order valence-electron chi connectivity index (χ0n) is 21.0. The van der Waals surface area contributed by atoms with E-state index in [1.807, 2.05) is 31.2 Å². The van der Waals surface area contributed by atoms with Gasteiger partial charge in [0.25, 0.3) is 0 Å². The molecule has 9 nitrogen and oxygen atoms in total. The molecule has 0 bridgehead atoms. The van der Waals surface area contributed by atoms with Gasteiger partial charge in [-0.05, 0) is 48.4 Å². The van der Waals surface area contributed by atoms with Crippen molar-refractivity contribution < 1.29 is 14.3 Å². The molecule has 0 spiro atoms. The van der Waals surface area contributed by atoms with Gasteiger partial charge in [-0.2, -0.15) is 5.10 Å². The van der Waals surface area contributed by atoms with Crippen molar-refractivity contribution in [2.75, 3.05) is 5.32 Å². The fourth-order valence-electron chi connectivity index (χ4n) is 4.60. The topological polar surface area (TPSA) is 132 Å². The molecule has 6 aromatic rings. The highest BCUT2D eigenvalue weighted by atomic mass is 19.1. The Morgan fingerprint density at radius 3 is 2.72 bits per heavy atom. The number of carbonyl (C=O) groups excluding carboxylic acids is 1. The van der Waals surface area contributed by atoms with Crippen molar-refractivity contribution in [2.24, 2.45) is 0 Å². The Kier molecular flexibility index (Phi) is 6.20. The molecule has 39 heavy (non-hydrogen) atoms. The number of phenolic OH excluding ortho intramolecular Hbond substituents is 1. The van der Waals surface area contributed by atoms with Crippen molar-refractivity contribution >= 4 is 33.5 Å². The molecule has 5 aromatic heterocycles. The van der Waals surface area contributed by atoms with Gasteiger partial charge in [-0.1, -0.05) is 13.3 Å². The van der Waals surface area contributed by atoms with E-state index in [1.165, 1.54) is 12.1 Å². The van der Waals surface area contributed by atoms with Gasteiger partial charge in [0.1, 0.15) is 22.8 Å². The van der Waals surface area contributed by atoms with Gasteiger partial charge < -0.3 is 15.4 Å². The number of aromatic nitrogens is 6. The molecule has 1 aromatic carbocycles. The summed E-state index contributed by atoms with van der Waals surface area (Å²) in [6.07, 6.45) is 8.87. The first-order valence-corrected chi connectivity index (χ1v) is 12.6. The van der Waals surface area contributed by atoms with E-state index in [1.54, 1.807) is 24.8 Å². The van der Waals surface area contributed by atoms with Crippen molar-refractivity contribution in [1.82, 2.24) is 30.1 Å². The standard InChI is InChI=1S/C29H24FN7O2/c1-2-3-4-27(39)33-19-8-17(12-31-13-19)23-5-6-24-28(35-23)29(37-36-24)25-11-21-22(14-32-15-26(21)34-25)16-7-18(30)10-20(38)9-16/h5-15,34,38H,2-4H2,1H3,(H,33,39)(H,36,37). The lowest BCUT2D eigenvalue weighted by Crippen LogP contribution is -2.11. The summed E-state index contributed by atoms with van der Waals surface area (Å²) in [7, 11) is 0. The quantitative estimate of drug-likeness (QED) is 0.198. The number of amides is 1. The maximum absolute atomic E-state index is 14.0. The van der Waals surface area contributed by atoms with Crippen LogP contribution in [0.1, 0.15) is 26.2 Å². The maximum Gasteiger partial charge on any atom is 0.224 e. The Morgan fingerprint density at radius 1 is 1.00 bits per heavy atom. The van der Waals surface area contributed by atoms with Crippen LogP contribution in [-0.4, -0.2) is 41.1 Å². The molecular weight excluding hydrogens is 497 g/mol. The largest absolute Gasteiger partial charge is 0.508 e. The number of pyridine rings is 3. The molecule has 0 aliphatic carbocycles. The third-order valence-corrected chi connectivity index (χ3v) is 6.48. The van der Waals surface area contributed by atoms with Crippen LogP contribution < -0.4 is 5.32 Å². The summed E-state index contributed by atoms with van der Waals surface area (Å²) in [5.41, 5.74) is 6.66. The Morgan fingerprint density at radius 2 is 1.87 bits per heavy atom. The number of rotatable bonds is 7. The second kappa shape index (κ2) is 9.97. The normalized spacial score (nSPS) is 11.3. The van der Waals surface area contributed by atoms with E-state index < -0.39 is 5.82 Å². The molecule has 0 radical (unpaired) electrons. The number of phenols is 1. The number of hydrogen-bond donors (Lipinski definition) is 4. The van der Waals surface area contributed by atoms with Crippen LogP contribution >= 0.6 is 0 Å². The minimum absolute atomic E-state index is 0.0440. The minimum atomic E-state index is -0.535. The molecule has 1 amide bonds. The number of aromatic hydroxyl groups is 1. The van der Waals surface area contributed by atoms with Crippen LogP contribution in [0.25, 0.3) is 55.7 Å². The van der Waals surface area contributed by atoms with Gasteiger partial charge in [-0.15, -0.1) is 0 Å². The molecule has 0 aliphatic heterocycles. The van der Waals surface area contributed by atoms with E-state index >= 15 is 0 Å². The summed E-state index contributed by atoms with van der Waals surface area (Å²) in [4.78, 5) is 28.9. The van der Waals surface area contributed by atoms with E-state index in [0.29, 0.717) is 45.8 Å². The van der Waals surface area contributed by atoms with Crippen molar-refractivity contribution in [1.29, 1.82) is 0 Å². The maximum atomic E-state index is 14.0. The lowest BCUT2D eigenvalue weighted by molar-refractivity contribution is -0.116. The van der Waals surface area contributed by atoms with Gasteiger partial charge in [0.2, 0.25) is 5.91 Å². The number of halogens is 1. The first-order chi connectivity index (χ1) is 19.0. The van der Waals surface area contributed by atoms with E-state index in [2.05, 4.69) is 30.5 Å². The Labute approximate surface area is 222 Å². The van der Waals surface area contributed by atoms with Crippen LogP contribution in [0, 0.1) is 5.82 Å². The Balaban J connectivity index is 1.38. The van der Waals surface area contributed by atoms with Gasteiger partial charge in [0, 0.05) is 41.4 Å². The minimum Gasteiger partial charge on any atom is -0.508 e. The summed E-state index contributed by atoms with van der Waals surface area (Å²) in [5, 5.41) is 21.1. The summed E-state index contributed by atoms with van der Waals surface area (Å²) in [6.45, 7) is 2.04. The smallest absolute Gasteiger partial charge is 0.224 e. The fraction of sp³-hybridized carbons (Fsp3) is 0.138. The first kappa shape index (κ1) is 24.2. The van der Waals surface area contributed by atoms with Crippen molar-refractivity contribution in [3.63, 3.8) is 0 Å². The third kappa shape index (κ3) is 4.79. The molecule has 194 valence electrons. The second-order valence-corrected chi connectivity index (χ2v) is 9.31. The highest BCUT2D eigenvalue weighted by Gasteiger charge is 2.16. The molecule has 0 saturated carbocycles. The number of carbonyl (C=O) groups is 1. The molecular formula is C29H24FN7O2. The summed E-state index contributed by atoms with van der Waals surface area (Å²) in [5.74, 6) is -0.740. The number of aromatic amines is 2. The van der Waals surface area contributed by atoms with Gasteiger partial charge in [-0.25, -0.2) is 9.37 Å². The van der Waals surface area contributed by atoms with Crippen molar-refractivity contribution in [3.05, 3.63) is 73.1 Å². The monoisotopic (exact) mass is 521 g/mol. The number of unbranched alkanes of at least 4 members (excludes halogenated alkanes) is 1. The first-order valence-electron chi connectivity index (χ1n) is 12.6. The third-order valence-electron chi connectivity index (χ3n) is 6.48. The summed E-state index contributed by atoms with van der Waals surface area (Å²) >= 11 is 0. The van der Waals surface area contributed by atoms with E-state index in [9.17, 15) is 14.3 Å². The molecule has 0 fully saturated rings. The fourth-order valence-corrected chi connectivity index (χ4v) is 4.60.